The zero-order valence-electron chi connectivity index (χ0n) is 16.2. The van der Waals surface area contributed by atoms with Crippen LogP contribution in [0.3, 0.4) is 0 Å². The highest BCUT2D eigenvalue weighted by atomic mass is 32.2. The van der Waals surface area contributed by atoms with Gasteiger partial charge in [-0.15, -0.1) is 0 Å². The zero-order valence-corrected chi connectivity index (χ0v) is 17.0. The molecule has 0 saturated carbocycles. The van der Waals surface area contributed by atoms with E-state index in [2.05, 4.69) is 11.4 Å². The highest BCUT2D eigenvalue weighted by Crippen LogP contribution is 2.24. The molecule has 1 aliphatic carbocycles. The number of benzene rings is 2. The van der Waals surface area contributed by atoms with Gasteiger partial charge in [-0.2, -0.15) is 0 Å². The van der Waals surface area contributed by atoms with Gasteiger partial charge in [0.25, 0.3) is 10.0 Å². The minimum atomic E-state index is -3.97. The molecule has 2 aromatic rings. The van der Waals surface area contributed by atoms with E-state index in [4.69, 9.17) is 0 Å². The van der Waals surface area contributed by atoms with Crippen LogP contribution < -0.4 is 9.62 Å². The summed E-state index contributed by atoms with van der Waals surface area (Å²) in [4.78, 5) is 12.6. The first-order chi connectivity index (χ1) is 14.0. The van der Waals surface area contributed by atoms with E-state index in [0.29, 0.717) is 6.54 Å². The Kier molecular flexibility index (Phi) is 7.04. The molecule has 1 aliphatic rings. The smallest absolute Gasteiger partial charge is 0.264 e. The van der Waals surface area contributed by atoms with E-state index in [-0.39, 0.29) is 17.1 Å². The molecule has 1 N–H and O–H groups in total. The molecule has 5 nitrogen and oxygen atoms in total. The highest BCUT2D eigenvalue weighted by molar-refractivity contribution is 7.92. The molecular formula is C22H25FN2O3S. The number of nitrogens with zero attached hydrogens (tertiary/aromatic N) is 1. The number of nitrogens with one attached hydrogen (secondary N) is 1. The molecule has 0 heterocycles. The highest BCUT2D eigenvalue weighted by Gasteiger charge is 2.27. The molecule has 0 saturated heterocycles. The maximum atomic E-state index is 13.3. The predicted molar refractivity (Wildman–Crippen MR) is 112 cm³/mol. The number of hydrogen-bond donors (Lipinski definition) is 1. The van der Waals surface area contributed by atoms with Crippen LogP contribution in [0, 0.1) is 5.82 Å². The summed E-state index contributed by atoms with van der Waals surface area (Å²) in [6, 6.07) is 13.0. The number of halogens is 1. The van der Waals surface area contributed by atoms with E-state index in [1.807, 2.05) is 0 Å². The monoisotopic (exact) mass is 416 g/mol. The lowest BCUT2D eigenvalue weighted by Crippen LogP contribution is -2.41. The summed E-state index contributed by atoms with van der Waals surface area (Å²) in [5.41, 5.74) is 1.57. The number of carbonyl (C=O) groups is 1. The Morgan fingerprint density at radius 2 is 1.76 bits per heavy atom. The molecule has 3 rings (SSSR count). The Bertz CT molecular complexity index is 957. The van der Waals surface area contributed by atoms with Crippen molar-refractivity contribution in [3.8, 4) is 0 Å². The minimum Gasteiger partial charge on any atom is -0.354 e. The van der Waals surface area contributed by atoms with Crippen molar-refractivity contribution in [2.24, 2.45) is 0 Å². The van der Waals surface area contributed by atoms with E-state index < -0.39 is 21.7 Å². The Labute approximate surface area is 171 Å². The van der Waals surface area contributed by atoms with Gasteiger partial charge in [0.1, 0.15) is 12.4 Å². The Morgan fingerprint density at radius 1 is 1.03 bits per heavy atom. The summed E-state index contributed by atoms with van der Waals surface area (Å²) in [6.45, 7) is 0.0925. The second-order valence-electron chi connectivity index (χ2n) is 7.01. The van der Waals surface area contributed by atoms with Crippen molar-refractivity contribution in [3.05, 3.63) is 72.1 Å². The van der Waals surface area contributed by atoms with Crippen LogP contribution in [0.2, 0.25) is 0 Å². The lowest BCUT2D eigenvalue weighted by atomic mass is 9.97. The molecule has 0 atom stereocenters. The number of hydrogen-bond acceptors (Lipinski definition) is 3. The topological polar surface area (TPSA) is 66.5 Å². The average Bonchev–Trinajstić information content (AvgIpc) is 2.74. The molecule has 2 aromatic carbocycles. The van der Waals surface area contributed by atoms with Gasteiger partial charge in [0.15, 0.2) is 0 Å². The number of rotatable bonds is 8. The summed E-state index contributed by atoms with van der Waals surface area (Å²) in [5, 5.41) is 2.81. The van der Waals surface area contributed by atoms with Gasteiger partial charge in [-0.3, -0.25) is 9.10 Å². The standard InChI is InChI=1S/C22H25FN2O3S/c23-19-11-13-20(14-12-19)25(29(27,28)21-9-5-2-6-10-21)17-22(26)24-16-15-18-7-3-1-4-8-18/h2,5-7,9-14H,1,3-4,8,15-17H2,(H,24,26). The van der Waals surface area contributed by atoms with E-state index >= 15 is 0 Å². The molecule has 1 amide bonds. The van der Waals surface area contributed by atoms with Crippen molar-refractivity contribution >= 4 is 21.6 Å². The normalized spacial score (nSPS) is 14.2. The van der Waals surface area contributed by atoms with Gasteiger partial charge in [-0.1, -0.05) is 29.8 Å². The number of sulfonamides is 1. The molecular weight excluding hydrogens is 391 g/mol. The lowest BCUT2D eigenvalue weighted by Gasteiger charge is -2.24. The third kappa shape index (κ3) is 5.67. The van der Waals surface area contributed by atoms with Crippen LogP contribution >= 0.6 is 0 Å². The van der Waals surface area contributed by atoms with Crippen LogP contribution in [0.5, 0.6) is 0 Å². The Hall–Kier alpha value is -2.67. The predicted octanol–water partition coefficient (Wildman–Crippen LogP) is 4.03. The zero-order chi connectivity index (χ0) is 20.7. The third-order valence-electron chi connectivity index (χ3n) is 4.89. The maximum absolute atomic E-state index is 13.3. The van der Waals surface area contributed by atoms with Gasteiger partial charge in [0.2, 0.25) is 5.91 Å². The second-order valence-corrected chi connectivity index (χ2v) is 8.87. The molecule has 0 radical (unpaired) electrons. The van der Waals surface area contributed by atoms with Gasteiger partial charge in [-0.05, 0) is 68.5 Å². The molecule has 0 aliphatic heterocycles. The Morgan fingerprint density at radius 3 is 2.41 bits per heavy atom. The largest absolute Gasteiger partial charge is 0.354 e. The summed E-state index contributed by atoms with van der Waals surface area (Å²) in [5.74, 6) is -0.874. The van der Waals surface area contributed by atoms with Crippen molar-refractivity contribution in [2.45, 2.75) is 37.0 Å². The van der Waals surface area contributed by atoms with Gasteiger partial charge in [-0.25, -0.2) is 12.8 Å². The van der Waals surface area contributed by atoms with E-state index in [0.717, 1.165) is 23.6 Å². The molecule has 7 heteroatoms. The number of amides is 1. The lowest BCUT2D eigenvalue weighted by molar-refractivity contribution is -0.119. The number of allylic oxidation sites excluding steroid dienone is 1. The van der Waals surface area contributed by atoms with E-state index in [9.17, 15) is 17.6 Å². The summed E-state index contributed by atoms with van der Waals surface area (Å²) < 4.78 is 40.6. The minimum absolute atomic E-state index is 0.0736. The molecule has 29 heavy (non-hydrogen) atoms. The summed E-state index contributed by atoms with van der Waals surface area (Å²) >= 11 is 0. The van der Waals surface area contributed by atoms with Crippen molar-refractivity contribution in [1.82, 2.24) is 5.32 Å². The van der Waals surface area contributed by atoms with Crippen molar-refractivity contribution in [2.75, 3.05) is 17.4 Å². The summed E-state index contributed by atoms with van der Waals surface area (Å²) in [7, 11) is -3.97. The van der Waals surface area contributed by atoms with Crippen LogP contribution in [0.4, 0.5) is 10.1 Å². The van der Waals surface area contributed by atoms with Crippen LogP contribution in [-0.4, -0.2) is 27.4 Å². The molecule has 0 spiro atoms. The third-order valence-corrected chi connectivity index (χ3v) is 6.67. The molecule has 154 valence electrons. The first-order valence-electron chi connectivity index (χ1n) is 9.75. The Balaban J connectivity index is 1.74. The first kappa shape index (κ1) is 21.0. The van der Waals surface area contributed by atoms with Crippen LogP contribution in [-0.2, 0) is 14.8 Å². The van der Waals surface area contributed by atoms with Crippen molar-refractivity contribution in [3.63, 3.8) is 0 Å². The van der Waals surface area contributed by atoms with Gasteiger partial charge in [0, 0.05) is 6.54 Å². The van der Waals surface area contributed by atoms with Gasteiger partial charge in [0.05, 0.1) is 10.6 Å². The fraction of sp³-hybridized carbons (Fsp3) is 0.318. The van der Waals surface area contributed by atoms with E-state index in [1.165, 1.54) is 54.8 Å². The molecule has 0 fully saturated rings. The number of anilines is 1. The average molecular weight is 417 g/mol. The molecule has 0 bridgehead atoms. The van der Waals surface area contributed by atoms with Crippen LogP contribution in [0.25, 0.3) is 0 Å². The van der Waals surface area contributed by atoms with Crippen LogP contribution in [0.15, 0.2) is 71.1 Å². The SMILES string of the molecule is O=C(CN(c1ccc(F)cc1)S(=O)(=O)c1ccccc1)NCCC1=CCCCC1. The first-order valence-corrected chi connectivity index (χ1v) is 11.2. The fourth-order valence-corrected chi connectivity index (χ4v) is 4.76. The number of carbonyl (C=O) groups excluding carboxylic acids is 1. The molecule has 0 unspecified atom stereocenters. The van der Waals surface area contributed by atoms with Crippen molar-refractivity contribution in [1.29, 1.82) is 0 Å². The summed E-state index contributed by atoms with van der Waals surface area (Å²) in [6.07, 6.45) is 7.51. The fourth-order valence-electron chi connectivity index (χ4n) is 3.32. The second kappa shape index (κ2) is 9.69. The van der Waals surface area contributed by atoms with Crippen molar-refractivity contribution < 1.29 is 17.6 Å². The van der Waals surface area contributed by atoms with Gasteiger partial charge < -0.3 is 5.32 Å². The van der Waals surface area contributed by atoms with Crippen LogP contribution in [0.1, 0.15) is 32.1 Å². The van der Waals surface area contributed by atoms with E-state index in [1.54, 1.807) is 18.2 Å². The van der Waals surface area contributed by atoms with Gasteiger partial charge >= 0.3 is 0 Å². The quantitative estimate of drug-likeness (QED) is 0.661. The maximum Gasteiger partial charge on any atom is 0.264 e. The molecule has 0 aromatic heterocycles.